The zero-order valence-electron chi connectivity index (χ0n) is 7.61. The fourth-order valence-corrected chi connectivity index (χ4v) is 1.53. The normalized spacial score (nSPS) is 29.5. The zero-order valence-corrected chi connectivity index (χ0v) is 9.20. The predicted octanol–water partition coefficient (Wildman–Crippen LogP) is 2.50. The van der Waals surface area contributed by atoms with E-state index in [-0.39, 0.29) is 10.5 Å². The van der Waals surface area contributed by atoms with Gasteiger partial charge in [0, 0.05) is 4.83 Å². The Morgan fingerprint density at radius 3 is 2.54 bits per heavy atom. The van der Waals surface area contributed by atoms with Crippen LogP contribution in [-0.4, -0.2) is 15.3 Å². The van der Waals surface area contributed by atoms with Crippen molar-refractivity contribution >= 4 is 15.9 Å². The standard InChI is InChI=1S/C7H10BrN3O2/c1-4-6(11(12)13)7(3,5(2)8)10-9-4/h5H,1-3H3. The van der Waals surface area contributed by atoms with Gasteiger partial charge in [0.1, 0.15) is 5.70 Å². The molecule has 0 saturated heterocycles. The molecule has 0 fully saturated rings. The Morgan fingerprint density at radius 2 is 2.23 bits per heavy atom. The Morgan fingerprint density at radius 1 is 1.69 bits per heavy atom. The van der Waals surface area contributed by atoms with Gasteiger partial charge < -0.3 is 0 Å². The van der Waals surface area contributed by atoms with Gasteiger partial charge >= 0.3 is 0 Å². The Hall–Kier alpha value is -0.780. The lowest BCUT2D eigenvalue weighted by atomic mass is 9.95. The molecule has 2 unspecified atom stereocenters. The van der Waals surface area contributed by atoms with E-state index in [0.717, 1.165) is 0 Å². The van der Waals surface area contributed by atoms with Gasteiger partial charge in [-0.15, -0.1) is 0 Å². The molecule has 0 bridgehead atoms. The number of nitrogens with zero attached hydrogens (tertiary/aromatic N) is 3. The van der Waals surface area contributed by atoms with E-state index in [1.165, 1.54) is 0 Å². The molecule has 0 spiro atoms. The molecule has 1 rings (SSSR count). The van der Waals surface area contributed by atoms with Gasteiger partial charge in [-0.05, 0) is 20.8 Å². The second kappa shape index (κ2) is 3.17. The van der Waals surface area contributed by atoms with E-state index in [1.807, 2.05) is 6.92 Å². The van der Waals surface area contributed by atoms with Crippen LogP contribution in [0.1, 0.15) is 20.8 Å². The van der Waals surface area contributed by atoms with Crippen molar-refractivity contribution < 1.29 is 4.92 Å². The Bertz CT molecular complexity index is 311. The number of nitro groups is 1. The van der Waals surface area contributed by atoms with Crippen molar-refractivity contribution in [3.63, 3.8) is 0 Å². The van der Waals surface area contributed by atoms with E-state index < -0.39 is 10.5 Å². The second-order valence-electron chi connectivity index (χ2n) is 3.15. The molecule has 1 aliphatic heterocycles. The molecule has 0 radical (unpaired) electrons. The van der Waals surface area contributed by atoms with E-state index in [0.29, 0.717) is 5.70 Å². The van der Waals surface area contributed by atoms with Gasteiger partial charge in [0.2, 0.25) is 0 Å². The van der Waals surface area contributed by atoms with E-state index in [1.54, 1.807) is 13.8 Å². The minimum atomic E-state index is -0.840. The lowest BCUT2D eigenvalue weighted by molar-refractivity contribution is -0.434. The monoisotopic (exact) mass is 247 g/mol. The van der Waals surface area contributed by atoms with Gasteiger partial charge in [0.05, 0.1) is 4.92 Å². The fraction of sp³-hybridized carbons (Fsp3) is 0.714. The van der Waals surface area contributed by atoms with E-state index in [2.05, 4.69) is 26.2 Å². The molecule has 0 amide bonds. The van der Waals surface area contributed by atoms with Gasteiger partial charge in [-0.2, -0.15) is 10.2 Å². The van der Waals surface area contributed by atoms with Gasteiger partial charge in [-0.25, -0.2) is 0 Å². The lowest BCUT2D eigenvalue weighted by Gasteiger charge is -2.19. The largest absolute Gasteiger partial charge is 0.299 e. The Kier molecular flexibility index (Phi) is 2.51. The maximum atomic E-state index is 10.7. The summed E-state index contributed by atoms with van der Waals surface area (Å²) in [5.74, 6) is 0. The number of hydrogen-bond donors (Lipinski definition) is 0. The van der Waals surface area contributed by atoms with Gasteiger partial charge in [0.15, 0.2) is 5.54 Å². The topological polar surface area (TPSA) is 67.9 Å². The first kappa shape index (κ1) is 10.3. The molecule has 0 saturated carbocycles. The molecule has 0 N–H and O–H groups in total. The van der Waals surface area contributed by atoms with Crippen LogP contribution in [0, 0.1) is 10.1 Å². The first-order valence-corrected chi connectivity index (χ1v) is 4.74. The first-order chi connectivity index (χ1) is 5.89. The van der Waals surface area contributed by atoms with E-state index in [9.17, 15) is 10.1 Å². The van der Waals surface area contributed by atoms with Gasteiger partial charge in [-0.1, -0.05) is 15.9 Å². The summed E-state index contributed by atoms with van der Waals surface area (Å²) in [7, 11) is 0. The van der Waals surface area contributed by atoms with Crippen molar-refractivity contribution in [1.29, 1.82) is 0 Å². The van der Waals surface area contributed by atoms with E-state index in [4.69, 9.17) is 0 Å². The van der Waals surface area contributed by atoms with Crippen LogP contribution in [-0.2, 0) is 0 Å². The average Bonchev–Trinajstić information content (AvgIpc) is 2.28. The number of hydrogen-bond acceptors (Lipinski definition) is 4. The SMILES string of the molecule is CC1=C([N+](=O)[O-])C(C)(C(C)Br)N=N1. The molecule has 5 nitrogen and oxygen atoms in total. The highest BCUT2D eigenvalue weighted by atomic mass is 79.9. The highest BCUT2D eigenvalue weighted by Gasteiger charge is 2.47. The van der Waals surface area contributed by atoms with Crippen molar-refractivity contribution in [2.24, 2.45) is 10.2 Å². The molecule has 72 valence electrons. The van der Waals surface area contributed by atoms with Crippen molar-refractivity contribution in [3.05, 3.63) is 21.5 Å². The van der Waals surface area contributed by atoms with E-state index >= 15 is 0 Å². The summed E-state index contributed by atoms with van der Waals surface area (Å²) in [4.78, 5) is 10.2. The number of allylic oxidation sites excluding steroid dienone is 1. The summed E-state index contributed by atoms with van der Waals surface area (Å²) in [6.07, 6.45) is 0. The van der Waals surface area contributed by atoms with Crippen molar-refractivity contribution in [1.82, 2.24) is 0 Å². The first-order valence-electron chi connectivity index (χ1n) is 3.82. The highest BCUT2D eigenvalue weighted by Crippen LogP contribution is 2.37. The van der Waals surface area contributed by atoms with Crippen LogP contribution in [0.3, 0.4) is 0 Å². The molecule has 0 aliphatic carbocycles. The van der Waals surface area contributed by atoms with Crippen molar-refractivity contribution in [3.8, 4) is 0 Å². The highest BCUT2D eigenvalue weighted by molar-refractivity contribution is 9.09. The minimum Gasteiger partial charge on any atom is -0.258 e. The third kappa shape index (κ3) is 1.50. The molecule has 0 aromatic heterocycles. The maximum absolute atomic E-state index is 10.7. The summed E-state index contributed by atoms with van der Waals surface area (Å²) in [6, 6.07) is 0. The summed E-state index contributed by atoms with van der Waals surface area (Å²) in [5, 5.41) is 18.4. The average molecular weight is 248 g/mol. The summed E-state index contributed by atoms with van der Waals surface area (Å²) in [6.45, 7) is 5.12. The van der Waals surface area contributed by atoms with Gasteiger partial charge in [-0.3, -0.25) is 10.1 Å². The molecule has 1 heterocycles. The lowest BCUT2D eigenvalue weighted by Crippen LogP contribution is -2.35. The second-order valence-corrected chi connectivity index (χ2v) is 4.53. The van der Waals surface area contributed by atoms with Crippen molar-refractivity contribution in [2.75, 3.05) is 0 Å². The molecule has 0 aromatic carbocycles. The third-order valence-corrected chi connectivity index (χ3v) is 3.08. The number of alkyl halides is 1. The third-order valence-electron chi connectivity index (χ3n) is 2.19. The molecule has 1 aliphatic rings. The summed E-state index contributed by atoms with van der Waals surface area (Å²) in [5.41, 5.74) is -0.371. The summed E-state index contributed by atoms with van der Waals surface area (Å²) < 4.78 is 0. The number of azo groups is 1. The molecule has 6 heteroatoms. The van der Waals surface area contributed by atoms with Crippen LogP contribution in [0.15, 0.2) is 21.6 Å². The smallest absolute Gasteiger partial charge is 0.258 e. The predicted molar refractivity (Wildman–Crippen MR) is 51.3 cm³/mol. The van der Waals surface area contributed by atoms with Crippen molar-refractivity contribution in [2.45, 2.75) is 31.1 Å². The summed E-state index contributed by atoms with van der Waals surface area (Å²) >= 11 is 3.30. The zero-order chi connectivity index (χ0) is 10.2. The van der Waals surface area contributed by atoms with Gasteiger partial charge in [0.25, 0.3) is 5.70 Å². The Balaban J connectivity index is 3.18. The molecule has 13 heavy (non-hydrogen) atoms. The van der Waals surface area contributed by atoms with Crippen LogP contribution in [0.25, 0.3) is 0 Å². The van der Waals surface area contributed by atoms with Crippen LogP contribution < -0.4 is 0 Å². The maximum Gasteiger partial charge on any atom is 0.299 e. The van der Waals surface area contributed by atoms with Crippen LogP contribution in [0.5, 0.6) is 0 Å². The molecular formula is C7H10BrN3O2. The fourth-order valence-electron chi connectivity index (χ4n) is 1.22. The van der Waals surface area contributed by atoms with Crippen LogP contribution in [0.2, 0.25) is 0 Å². The molecular weight excluding hydrogens is 238 g/mol. The van der Waals surface area contributed by atoms with Crippen LogP contribution >= 0.6 is 15.9 Å². The van der Waals surface area contributed by atoms with Crippen LogP contribution in [0.4, 0.5) is 0 Å². The number of rotatable bonds is 2. The minimum absolute atomic E-state index is 0.0804. The molecule has 0 aromatic rings. The molecule has 2 atom stereocenters. The Labute approximate surface area is 84.2 Å². The quantitative estimate of drug-likeness (QED) is 0.428. The number of halogens is 1.